The van der Waals surface area contributed by atoms with E-state index in [9.17, 15) is 0 Å². The number of nitrogens with zero attached hydrogens (tertiary/aromatic N) is 1. The van der Waals surface area contributed by atoms with E-state index >= 15 is 0 Å². The monoisotopic (exact) mass is 266 g/mol. The SMILES string of the molecule is CCc1ccc(C2C(CN)CCCN2C(C)C)s1. The molecular weight excluding hydrogens is 240 g/mol. The number of hydrogen-bond acceptors (Lipinski definition) is 3. The van der Waals surface area contributed by atoms with Crippen molar-refractivity contribution in [2.45, 2.75) is 52.1 Å². The molecule has 1 aromatic heterocycles. The van der Waals surface area contributed by atoms with E-state index in [1.165, 1.54) is 29.1 Å². The fourth-order valence-corrected chi connectivity index (χ4v) is 4.24. The molecule has 1 aliphatic heterocycles. The molecule has 1 aromatic rings. The van der Waals surface area contributed by atoms with Crippen LogP contribution in [-0.4, -0.2) is 24.0 Å². The summed E-state index contributed by atoms with van der Waals surface area (Å²) in [5.41, 5.74) is 6.01. The van der Waals surface area contributed by atoms with Crippen LogP contribution >= 0.6 is 11.3 Å². The van der Waals surface area contributed by atoms with Gasteiger partial charge in [0, 0.05) is 21.8 Å². The molecule has 2 heterocycles. The largest absolute Gasteiger partial charge is 0.330 e. The minimum absolute atomic E-state index is 0.550. The Hall–Kier alpha value is -0.380. The molecular formula is C15H26N2S. The third-order valence-electron chi connectivity index (χ3n) is 4.08. The molecule has 0 aliphatic carbocycles. The molecule has 1 saturated heterocycles. The first-order chi connectivity index (χ1) is 8.67. The lowest BCUT2D eigenvalue weighted by Crippen LogP contribution is -2.44. The average molecular weight is 266 g/mol. The molecule has 3 heteroatoms. The molecule has 2 nitrogen and oxygen atoms in total. The lowest BCUT2D eigenvalue weighted by Gasteiger charge is -2.43. The van der Waals surface area contributed by atoms with E-state index in [0.29, 0.717) is 18.0 Å². The quantitative estimate of drug-likeness (QED) is 0.904. The van der Waals surface area contributed by atoms with Crippen LogP contribution in [0.1, 0.15) is 49.4 Å². The topological polar surface area (TPSA) is 29.3 Å². The van der Waals surface area contributed by atoms with Gasteiger partial charge in [-0.2, -0.15) is 0 Å². The second-order valence-electron chi connectivity index (χ2n) is 5.57. The number of hydrogen-bond donors (Lipinski definition) is 1. The third-order valence-corrected chi connectivity index (χ3v) is 5.38. The average Bonchev–Trinajstić information content (AvgIpc) is 2.86. The van der Waals surface area contributed by atoms with Crippen LogP contribution in [0, 0.1) is 5.92 Å². The molecule has 2 rings (SSSR count). The molecule has 0 spiro atoms. The Morgan fingerprint density at radius 1 is 1.44 bits per heavy atom. The Kier molecular flexibility index (Phi) is 4.82. The van der Waals surface area contributed by atoms with Gasteiger partial charge in [-0.3, -0.25) is 4.90 Å². The van der Waals surface area contributed by atoms with Crippen molar-refractivity contribution in [1.29, 1.82) is 0 Å². The molecule has 1 aliphatic rings. The van der Waals surface area contributed by atoms with Crippen molar-refractivity contribution in [1.82, 2.24) is 4.90 Å². The van der Waals surface area contributed by atoms with Gasteiger partial charge in [0.25, 0.3) is 0 Å². The molecule has 0 radical (unpaired) electrons. The van der Waals surface area contributed by atoms with E-state index < -0.39 is 0 Å². The van der Waals surface area contributed by atoms with Gasteiger partial charge in [-0.1, -0.05) is 6.92 Å². The van der Waals surface area contributed by atoms with Crippen LogP contribution in [0.15, 0.2) is 12.1 Å². The minimum atomic E-state index is 0.550. The first kappa shape index (κ1) is 14.0. The predicted octanol–water partition coefficient (Wildman–Crippen LogP) is 3.43. The Bertz CT molecular complexity index is 372. The first-order valence-corrected chi connectivity index (χ1v) is 8.03. The van der Waals surface area contributed by atoms with E-state index in [4.69, 9.17) is 5.73 Å². The zero-order valence-electron chi connectivity index (χ0n) is 11.9. The Morgan fingerprint density at radius 2 is 2.22 bits per heavy atom. The van der Waals surface area contributed by atoms with Crippen molar-refractivity contribution in [3.63, 3.8) is 0 Å². The fraction of sp³-hybridized carbons (Fsp3) is 0.733. The van der Waals surface area contributed by atoms with Gasteiger partial charge in [-0.25, -0.2) is 0 Å². The smallest absolute Gasteiger partial charge is 0.0484 e. The van der Waals surface area contributed by atoms with Crippen LogP contribution in [-0.2, 0) is 6.42 Å². The Labute approximate surface area is 115 Å². The van der Waals surface area contributed by atoms with Crippen molar-refractivity contribution in [3.8, 4) is 0 Å². The number of nitrogens with two attached hydrogens (primary N) is 1. The van der Waals surface area contributed by atoms with Crippen LogP contribution in [0.25, 0.3) is 0 Å². The summed E-state index contributed by atoms with van der Waals surface area (Å²) in [7, 11) is 0. The highest BCUT2D eigenvalue weighted by molar-refractivity contribution is 7.12. The first-order valence-electron chi connectivity index (χ1n) is 7.21. The lowest BCUT2D eigenvalue weighted by molar-refractivity contribution is 0.0688. The van der Waals surface area contributed by atoms with Crippen LogP contribution in [0.4, 0.5) is 0 Å². The summed E-state index contributed by atoms with van der Waals surface area (Å²) in [5.74, 6) is 0.629. The van der Waals surface area contributed by atoms with Crippen LogP contribution in [0.3, 0.4) is 0 Å². The highest BCUT2D eigenvalue weighted by Gasteiger charge is 2.33. The number of aryl methyl sites for hydroxylation is 1. The second kappa shape index (κ2) is 6.18. The lowest BCUT2D eigenvalue weighted by atomic mass is 9.87. The number of rotatable bonds is 4. The summed E-state index contributed by atoms with van der Waals surface area (Å²) >= 11 is 1.98. The molecule has 2 N–H and O–H groups in total. The Morgan fingerprint density at radius 3 is 2.78 bits per heavy atom. The van der Waals surface area contributed by atoms with E-state index in [0.717, 1.165) is 13.0 Å². The van der Waals surface area contributed by atoms with Gasteiger partial charge in [0.2, 0.25) is 0 Å². The molecule has 18 heavy (non-hydrogen) atoms. The van der Waals surface area contributed by atoms with E-state index in [-0.39, 0.29) is 0 Å². The summed E-state index contributed by atoms with van der Waals surface area (Å²) < 4.78 is 0. The van der Waals surface area contributed by atoms with E-state index in [1.807, 2.05) is 11.3 Å². The zero-order valence-corrected chi connectivity index (χ0v) is 12.7. The maximum absolute atomic E-state index is 6.01. The molecule has 2 atom stereocenters. The fourth-order valence-electron chi connectivity index (χ4n) is 3.07. The van der Waals surface area contributed by atoms with Crippen LogP contribution in [0.5, 0.6) is 0 Å². The minimum Gasteiger partial charge on any atom is -0.330 e. The summed E-state index contributed by atoms with van der Waals surface area (Å²) in [6.07, 6.45) is 3.72. The highest BCUT2D eigenvalue weighted by Crippen LogP contribution is 2.39. The molecule has 0 aromatic carbocycles. The maximum Gasteiger partial charge on any atom is 0.0484 e. The maximum atomic E-state index is 6.01. The summed E-state index contributed by atoms with van der Waals surface area (Å²) in [5, 5.41) is 0. The normalized spacial score (nSPS) is 25.8. The van der Waals surface area contributed by atoms with Crippen molar-refractivity contribution in [3.05, 3.63) is 21.9 Å². The molecule has 2 unspecified atom stereocenters. The van der Waals surface area contributed by atoms with E-state index in [2.05, 4.69) is 37.8 Å². The number of likely N-dealkylation sites (tertiary alicyclic amines) is 1. The summed E-state index contributed by atoms with van der Waals surface area (Å²) in [6.45, 7) is 8.88. The van der Waals surface area contributed by atoms with Gasteiger partial charge in [-0.15, -0.1) is 11.3 Å². The van der Waals surface area contributed by atoms with Gasteiger partial charge in [0.1, 0.15) is 0 Å². The number of thiophene rings is 1. The number of piperidine rings is 1. The standard InChI is InChI=1S/C15H26N2S/c1-4-13-7-8-14(18-13)15-12(10-16)6-5-9-17(15)11(2)3/h7-8,11-12,15H,4-6,9-10,16H2,1-3H3. The van der Waals surface area contributed by atoms with Crippen molar-refractivity contribution in [2.75, 3.05) is 13.1 Å². The Balaban J connectivity index is 2.27. The predicted molar refractivity (Wildman–Crippen MR) is 80.1 cm³/mol. The molecule has 1 fully saturated rings. The zero-order chi connectivity index (χ0) is 13.1. The highest BCUT2D eigenvalue weighted by atomic mass is 32.1. The van der Waals surface area contributed by atoms with Crippen LogP contribution in [0.2, 0.25) is 0 Å². The molecule has 0 bridgehead atoms. The molecule has 0 amide bonds. The van der Waals surface area contributed by atoms with Crippen molar-refractivity contribution >= 4 is 11.3 Å². The van der Waals surface area contributed by atoms with Gasteiger partial charge in [-0.05, 0) is 64.3 Å². The van der Waals surface area contributed by atoms with Gasteiger partial charge < -0.3 is 5.73 Å². The van der Waals surface area contributed by atoms with Gasteiger partial charge >= 0.3 is 0 Å². The van der Waals surface area contributed by atoms with Gasteiger partial charge in [0.05, 0.1) is 0 Å². The van der Waals surface area contributed by atoms with Crippen molar-refractivity contribution < 1.29 is 0 Å². The molecule has 0 saturated carbocycles. The van der Waals surface area contributed by atoms with Crippen LogP contribution < -0.4 is 5.73 Å². The van der Waals surface area contributed by atoms with E-state index in [1.54, 1.807) is 0 Å². The van der Waals surface area contributed by atoms with Crippen molar-refractivity contribution in [2.24, 2.45) is 11.7 Å². The third kappa shape index (κ3) is 2.79. The second-order valence-corrected chi connectivity index (χ2v) is 6.77. The molecule has 102 valence electrons. The van der Waals surface area contributed by atoms with Gasteiger partial charge in [0.15, 0.2) is 0 Å². The summed E-state index contributed by atoms with van der Waals surface area (Å²) in [6, 6.07) is 5.78. The summed E-state index contributed by atoms with van der Waals surface area (Å²) in [4.78, 5) is 5.66.